The van der Waals surface area contributed by atoms with Crippen molar-refractivity contribution in [3.63, 3.8) is 0 Å². The van der Waals surface area contributed by atoms with Crippen LogP contribution in [0.15, 0.2) is 30.8 Å². The summed E-state index contributed by atoms with van der Waals surface area (Å²) in [4.78, 5) is 0. The van der Waals surface area contributed by atoms with E-state index in [1.807, 2.05) is 24.3 Å². The monoisotopic (exact) mass is 168 g/mol. The minimum atomic E-state index is -0.681. The number of hydrogen-bond acceptors (Lipinski definition) is 2. The number of nitriles is 2. The zero-order chi connectivity index (χ0) is 9.68. The molecule has 0 aliphatic rings. The summed E-state index contributed by atoms with van der Waals surface area (Å²) in [6.07, 6.45) is 1.69. The van der Waals surface area contributed by atoms with Gasteiger partial charge >= 0.3 is 0 Å². The van der Waals surface area contributed by atoms with Gasteiger partial charge in [0, 0.05) is 0 Å². The molecule has 0 N–H and O–H groups in total. The van der Waals surface area contributed by atoms with E-state index in [1.54, 1.807) is 18.2 Å². The largest absolute Gasteiger partial charge is 0.196 e. The Balaban J connectivity index is 3.10. The van der Waals surface area contributed by atoms with Crippen molar-refractivity contribution in [2.24, 2.45) is 0 Å². The van der Waals surface area contributed by atoms with Crippen molar-refractivity contribution < 1.29 is 0 Å². The van der Waals surface area contributed by atoms with Gasteiger partial charge in [-0.15, -0.1) is 0 Å². The molecule has 0 atom stereocenters. The van der Waals surface area contributed by atoms with Crippen LogP contribution in [0.5, 0.6) is 0 Å². The molecular weight excluding hydrogens is 160 g/mol. The lowest BCUT2D eigenvalue weighted by atomic mass is 10.0. The molecule has 0 saturated carbocycles. The quantitative estimate of drug-likeness (QED) is 0.681. The lowest BCUT2D eigenvalue weighted by Gasteiger charge is -2.00. The molecule has 0 spiro atoms. The van der Waals surface area contributed by atoms with Crippen LogP contribution in [0.3, 0.4) is 0 Å². The van der Waals surface area contributed by atoms with Crippen molar-refractivity contribution in [3.8, 4) is 12.1 Å². The van der Waals surface area contributed by atoms with Crippen LogP contribution in [0.25, 0.3) is 6.08 Å². The number of hydrogen-bond donors (Lipinski definition) is 0. The maximum Gasteiger partial charge on any atom is 0.158 e. The van der Waals surface area contributed by atoms with Gasteiger partial charge in [-0.2, -0.15) is 10.5 Å². The van der Waals surface area contributed by atoms with E-state index in [2.05, 4.69) is 6.58 Å². The summed E-state index contributed by atoms with van der Waals surface area (Å²) in [6, 6.07) is 11.1. The van der Waals surface area contributed by atoms with Gasteiger partial charge in [-0.25, -0.2) is 0 Å². The molecule has 1 rings (SSSR count). The smallest absolute Gasteiger partial charge is 0.158 e. The Hall–Kier alpha value is -2.06. The summed E-state index contributed by atoms with van der Waals surface area (Å²) < 4.78 is 0. The summed E-state index contributed by atoms with van der Waals surface area (Å²) in [5.41, 5.74) is 1.65. The van der Waals surface area contributed by atoms with Gasteiger partial charge < -0.3 is 0 Å². The molecular formula is C11H8N2. The molecule has 0 fully saturated rings. The first-order chi connectivity index (χ1) is 6.31. The van der Waals surface area contributed by atoms with Gasteiger partial charge in [0.15, 0.2) is 5.92 Å². The molecule has 0 amide bonds. The molecule has 0 saturated heterocycles. The van der Waals surface area contributed by atoms with Crippen LogP contribution in [0.1, 0.15) is 17.0 Å². The maximum atomic E-state index is 8.64. The Kier molecular flexibility index (Phi) is 2.84. The molecule has 0 radical (unpaired) electrons. The van der Waals surface area contributed by atoms with Crippen LogP contribution >= 0.6 is 0 Å². The SMILES string of the molecule is C=Cc1cccc(C(C#N)C#N)c1. The Bertz CT molecular complexity index is 379. The van der Waals surface area contributed by atoms with Gasteiger partial charge in [0.25, 0.3) is 0 Å². The minimum absolute atomic E-state index is 0.681. The third-order valence-corrected chi connectivity index (χ3v) is 1.74. The van der Waals surface area contributed by atoms with E-state index in [9.17, 15) is 0 Å². The summed E-state index contributed by atoms with van der Waals surface area (Å²) in [5.74, 6) is -0.681. The Morgan fingerprint density at radius 3 is 2.54 bits per heavy atom. The first-order valence-corrected chi connectivity index (χ1v) is 3.83. The molecule has 1 aromatic rings. The van der Waals surface area contributed by atoms with Crippen molar-refractivity contribution in [2.75, 3.05) is 0 Å². The van der Waals surface area contributed by atoms with Gasteiger partial charge in [-0.3, -0.25) is 0 Å². The molecule has 1 aromatic carbocycles. The van der Waals surface area contributed by atoms with Crippen molar-refractivity contribution in [2.45, 2.75) is 5.92 Å². The summed E-state index contributed by atoms with van der Waals surface area (Å²) >= 11 is 0. The number of rotatable bonds is 2. The third kappa shape index (κ3) is 1.95. The van der Waals surface area contributed by atoms with Crippen LogP contribution in [-0.4, -0.2) is 0 Å². The lowest BCUT2D eigenvalue weighted by molar-refractivity contribution is 1.10. The second-order valence-electron chi connectivity index (χ2n) is 2.57. The number of nitrogens with zero attached hydrogens (tertiary/aromatic N) is 2. The maximum absolute atomic E-state index is 8.64. The standard InChI is InChI=1S/C11H8N2/c1-2-9-4-3-5-10(6-9)11(7-12)8-13/h2-6,11H,1H2. The molecule has 2 nitrogen and oxygen atoms in total. The first-order valence-electron chi connectivity index (χ1n) is 3.83. The van der Waals surface area contributed by atoms with E-state index in [0.717, 1.165) is 11.1 Å². The average molecular weight is 168 g/mol. The zero-order valence-corrected chi connectivity index (χ0v) is 7.07. The van der Waals surface area contributed by atoms with Crippen molar-refractivity contribution in [1.82, 2.24) is 0 Å². The fraction of sp³-hybridized carbons (Fsp3) is 0.0909. The molecule has 0 unspecified atom stereocenters. The fourth-order valence-electron chi connectivity index (χ4n) is 1.04. The molecule has 0 bridgehead atoms. The Morgan fingerprint density at radius 2 is 2.00 bits per heavy atom. The summed E-state index contributed by atoms with van der Waals surface area (Å²) in [5, 5.41) is 17.3. The van der Waals surface area contributed by atoms with Crippen LogP contribution in [-0.2, 0) is 0 Å². The topological polar surface area (TPSA) is 47.6 Å². The molecule has 2 heteroatoms. The Labute approximate surface area is 77.4 Å². The van der Waals surface area contributed by atoms with E-state index in [4.69, 9.17) is 10.5 Å². The molecule has 0 heterocycles. The van der Waals surface area contributed by atoms with Crippen LogP contribution in [0.2, 0.25) is 0 Å². The highest BCUT2D eigenvalue weighted by Gasteiger charge is 2.07. The summed E-state index contributed by atoms with van der Waals surface area (Å²) in [6.45, 7) is 3.62. The normalized spacial score (nSPS) is 8.85. The molecule has 0 aromatic heterocycles. The second kappa shape index (κ2) is 4.09. The highest BCUT2D eigenvalue weighted by Crippen LogP contribution is 2.15. The Morgan fingerprint density at radius 1 is 1.31 bits per heavy atom. The van der Waals surface area contributed by atoms with Gasteiger partial charge in [-0.05, 0) is 17.2 Å². The molecule has 0 aliphatic heterocycles. The predicted molar refractivity (Wildman–Crippen MR) is 50.5 cm³/mol. The van der Waals surface area contributed by atoms with E-state index in [0.29, 0.717) is 0 Å². The zero-order valence-electron chi connectivity index (χ0n) is 7.07. The minimum Gasteiger partial charge on any atom is -0.196 e. The number of benzene rings is 1. The van der Waals surface area contributed by atoms with Crippen LogP contribution < -0.4 is 0 Å². The van der Waals surface area contributed by atoms with E-state index < -0.39 is 5.92 Å². The van der Waals surface area contributed by atoms with Gasteiger partial charge in [0.2, 0.25) is 0 Å². The first kappa shape index (κ1) is 9.03. The lowest BCUT2D eigenvalue weighted by Crippen LogP contribution is -1.91. The third-order valence-electron chi connectivity index (χ3n) is 1.74. The van der Waals surface area contributed by atoms with Crippen LogP contribution in [0, 0.1) is 22.7 Å². The van der Waals surface area contributed by atoms with E-state index in [-0.39, 0.29) is 0 Å². The summed E-state index contributed by atoms with van der Waals surface area (Å²) in [7, 11) is 0. The average Bonchev–Trinajstić information content (AvgIpc) is 2.20. The van der Waals surface area contributed by atoms with Gasteiger partial charge in [-0.1, -0.05) is 30.9 Å². The molecule has 13 heavy (non-hydrogen) atoms. The van der Waals surface area contributed by atoms with Gasteiger partial charge in [0.1, 0.15) is 0 Å². The molecule has 62 valence electrons. The predicted octanol–water partition coefficient (Wildman–Crippen LogP) is 2.46. The van der Waals surface area contributed by atoms with E-state index >= 15 is 0 Å². The van der Waals surface area contributed by atoms with E-state index in [1.165, 1.54) is 0 Å². The highest BCUT2D eigenvalue weighted by atomic mass is 14.3. The highest BCUT2D eigenvalue weighted by molar-refractivity contribution is 5.49. The fourth-order valence-corrected chi connectivity index (χ4v) is 1.04. The van der Waals surface area contributed by atoms with Gasteiger partial charge in [0.05, 0.1) is 12.1 Å². The molecule has 0 aliphatic carbocycles. The van der Waals surface area contributed by atoms with Crippen molar-refractivity contribution in [1.29, 1.82) is 10.5 Å². The van der Waals surface area contributed by atoms with Crippen LogP contribution in [0.4, 0.5) is 0 Å². The van der Waals surface area contributed by atoms with Crippen molar-refractivity contribution in [3.05, 3.63) is 42.0 Å². The van der Waals surface area contributed by atoms with Crippen molar-refractivity contribution >= 4 is 6.08 Å². The second-order valence-corrected chi connectivity index (χ2v) is 2.57.